The van der Waals surface area contributed by atoms with Crippen molar-refractivity contribution in [2.24, 2.45) is 0 Å². The minimum Gasteiger partial charge on any atom is -0.491 e. The summed E-state index contributed by atoms with van der Waals surface area (Å²) in [6.07, 6.45) is 0. The van der Waals surface area contributed by atoms with Gasteiger partial charge in [0.25, 0.3) is 5.91 Å². The van der Waals surface area contributed by atoms with Gasteiger partial charge in [0.2, 0.25) is 5.91 Å². The molecule has 0 aromatic heterocycles. The Bertz CT molecular complexity index is 855. The zero-order chi connectivity index (χ0) is 21.2. The number of benzene rings is 2. The zero-order valence-electron chi connectivity index (χ0n) is 16.7. The number of hydrogen-bond acceptors (Lipinski definition) is 5. The standard InChI is InChI=1S/C21H25N3O4S/c1-4-27-12-13-28-19-7-5-6-16(14-19)20(26)23-21(29)22-17-8-10-18(11-9-17)24(3)15(2)25/h5-11,14H,4,12-13H2,1-3H3,(H2,22,23,26,29). The van der Waals surface area contributed by atoms with Crippen molar-refractivity contribution in [3.8, 4) is 5.75 Å². The fourth-order valence-corrected chi connectivity index (χ4v) is 2.59. The molecule has 8 heteroatoms. The average Bonchev–Trinajstić information content (AvgIpc) is 2.71. The lowest BCUT2D eigenvalue weighted by atomic mass is 10.2. The second kappa shape index (κ2) is 11.1. The summed E-state index contributed by atoms with van der Waals surface area (Å²) in [7, 11) is 1.70. The summed E-state index contributed by atoms with van der Waals surface area (Å²) in [5, 5.41) is 5.76. The highest BCUT2D eigenvalue weighted by Crippen LogP contribution is 2.17. The molecule has 0 unspecified atom stereocenters. The molecule has 7 nitrogen and oxygen atoms in total. The quantitative estimate of drug-likeness (QED) is 0.509. The van der Waals surface area contributed by atoms with E-state index in [1.165, 1.54) is 11.8 Å². The van der Waals surface area contributed by atoms with Gasteiger partial charge in [-0.05, 0) is 61.6 Å². The van der Waals surface area contributed by atoms with Crippen molar-refractivity contribution in [3.63, 3.8) is 0 Å². The third-order valence-corrected chi connectivity index (χ3v) is 4.21. The summed E-state index contributed by atoms with van der Waals surface area (Å²) < 4.78 is 10.8. The maximum absolute atomic E-state index is 12.4. The normalized spacial score (nSPS) is 10.2. The number of thiocarbonyl (C=S) groups is 1. The number of anilines is 2. The average molecular weight is 416 g/mol. The predicted molar refractivity (Wildman–Crippen MR) is 118 cm³/mol. The highest BCUT2D eigenvalue weighted by atomic mass is 32.1. The number of hydrogen-bond donors (Lipinski definition) is 2. The lowest BCUT2D eigenvalue weighted by molar-refractivity contribution is -0.116. The Morgan fingerprint density at radius 3 is 2.48 bits per heavy atom. The van der Waals surface area contributed by atoms with Crippen molar-refractivity contribution < 1.29 is 19.1 Å². The van der Waals surface area contributed by atoms with E-state index in [0.29, 0.717) is 36.8 Å². The van der Waals surface area contributed by atoms with E-state index in [1.807, 2.05) is 6.92 Å². The van der Waals surface area contributed by atoms with Crippen LogP contribution in [0, 0.1) is 0 Å². The molecule has 2 aromatic carbocycles. The number of nitrogens with one attached hydrogen (secondary N) is 2. The van der Waals surface area contributed by atoms with Gasteiger partial charge in [-0.25, -0.2) is 0 Å². The molecule has 154 valence electrons. The maximum Gasteiger partial charge on any atom is 0.257 e. The molecule has 0 atom stereocenters. The Labute approximate surface area is 176 Å². The second-order valence-electron chi connectivity index (χ2n) is 6.11. The molecule has 0 saturated carbocycles. The van der Waals surface area contributed by atoms with Crippen LogP contribution in [-0.4, -0.2) is 43.8 Å². The van der Waals surface area contributed by atoms with Crippen LogP contribution in [0.15, 0.2) is 48.5 Å². The van der Waals surface area contributed by atoms with Crippen LogP contribution in [0.1, 0.15) is 24.2 Å². The largest absolute Gasteiger partial charge is 0.491 e. The molecular formula is C21H25N3O4S. The molecule has 0 radical (unpaired) electrons. The van der Waals surface area contributed by atoms with Crippen LogP contribution in [0.25, 0.3) is 0 Å². The summed E-state index contributed by atoms with van der Waals surface area (Å²) in [6.45, 7) is 4.94. The first-order valence-electron chi connectivity index (χ1n) is 9.18. The van der Waals surface area contributed by atoms with E-state index in [9.17, 15) is 9.59 Å². The molecule has 0 aliphatic rings. The van der Waals surface area contributed by atoms with Gasteiger partial charge in [-0.15, -0.1) is 0 Å². The summed E-state index contributed by atoms with van der Waals surface area (Å²) in [4.78, 5) is 25.4. The van der Waals surface area contributed by atoms with E-state index in [-0.39, 0.29) is 16.9 Å². The van der Waals surface area contributed by atoms with Gasteiger partial charge in [0.15, 0.2) is 5.11 Å². The molecule has 0 fully saturated rings. The Morgan fingerprint density at radius 1 is 1.10 bits per heavy atom. The molecule has 0 saturated heterocycles. The molecular weight excluding hydrogens is 390 g/mol. The minimum atomic E-state index is -0.342. The molecule has 2 rings (SSSR count). The number of carbonyl (C=O) groups excluding carboxylic acids is 2. The van der Waals surface area contributed by atoms with Crippen LogP contribution in [-0.2, 0) is 9.53 Å². The summed E-state index contributed by atoms with van der Waals surface area (Å²) in [6, 6.07) is 14.0. The van der Waals surface area contributed by atoms with E-state index < -0.39 is 0 Å². The van der Waals surface area contributed by atoms with Gasteiger partial charge >= 0.3 is 0 Å². The van der Waals surface area contributed by atoms with E-state index >= 15 is 0 Å². The third-order valence-electron chi connectivity index (χ3n) is 4.01. The Kier molecular flexibility index (Phi) is 8.57. The smallest absolute Gasteiger partial charge is 0.257 e. The Hall–Kier alpha value is -2.97. The van der Waals surface area contributed by atoms with E-state index in [1.54, 1.807) is 55.6 Å². The number of carbonyl (C=O) groups is 2. The first-order valence-corrected chi connectivity index (χ1v) is 9.59. The van der Waals surface area contributed by atoms with Crippen molar-refractivity contribution in [3.05, 3.63) is 54.1 Å². The van der Waals surface area contributed by atoms with Gasteiger partial charge in [0, 0.05) is 37.5 Å². The first-order chi connectivity index (χ1) is 13.9. The van der Waals surface area contributed by atoms with Gasteiger partial charge in [-0.1, -0.05) is 6.07 Å². The lowest BCUT2D eigenvalue weighted by Gasteiger charge is -2.16. The molecule has 0 aliphatic heterocycles. The van der Waals surface area contributed by atoms with Crippen molar-refractivity contribution in [2.75, 3.05) is 37.1 Å². The Balaban J connectivity index is 1.90. The van der Waals surface area contributed by atoms with Crippen LogP contribution in [0.4, 0.5) is 11.4 Å². The van der Waals surface area contributed by atoms with Gasteiger partial charge in [0.05, 0.1) is 6.61 Å². The van der Waals surface area contributed by atoms with Crippen molar-refractivity contribution in [2.45, 2.75) is 13.8 Å². The second-order valence-corrected chi connectivity index (χ2v) is 6.51. The number of amides is 2. The van der Waals surface area contributed by atoms with Gasteiger partial charge in [-0.3, -0.25) is 14.9 Å². The van der Waals surface area contributed by atoms with Gasteiger partial charge in [-0.2, -0.15) is 0 Å². The predicted octanol–water partition coefficient (Wildman–Crippen LogP) is 3.21. The molecule has 0 bridgehead atoms. The lowest BCUT2D eigenvalue weighted by Crippen LogP contribution is -2.34. The fourth-order valence-electron chi connectivity index (χ4n) is 2.38. The van der Waals surface area contributed by atoms with Crippen LogP contribution < -0.4 is 20.3 Å². The fraction of sp³-hybridized carbons (Fsp3) is 0.286. The van der Waals surface area contributed by atoms with E-state index in [2.05, 4.69) is 10.6 Å². The maximum atomic E-state index is 12.4. The first kappa shape index (κ1) is 22.3. The van der Waals surface area contributed by atoms with E-state index in [0.717, 1.165) is 5.69 Å². The molecule has 2 N–H and O–H groups in total. The SMILES string of the molecule is CCOCCOc1cccc(C(=O)NC(=S)Nc2ccc(N(C)C(C)=O)cc2)c1. The van der Waals surface area contributed by atoms with Crippen LogP contribution in [0.2, 0.25) is 0 Å². The van der Waals surface area contributed by atoms with Crippen molar-refractivity contribution >= 4 is 40.5 Å². The highest BCUT2D eigenvalue weighted by molar-refractivity contribution is 7.80. The molecule has 2 amide bonds. The topological polar surface area (TPSA) is 79.9 Å². The Morgan fingerprint density at radius 2 is 1.83 bits per heavy atom. The van der Waals surface area contributed by atoms with Crippen LogP contribution >= 0.6 is 12.2 Å². The molecule has 2 aromatic rings. The minimum absolute atomic E-state index is 0.0578. The summed E-state index contributed by atoms with van der Waals surface area (Å²) in [5.74, 6) is 0.185. The van der Waals surface area contributed by atoms with Crippen LogP contribution in [0.3, 0.4) is 0 Å². The zero-order valence-corrected chi connectivity index (χ0v) is 17.5. The monoisotopic (exact) mass is 415 g/mol. The number of nitrogens with zero attached hydrogens (tertiary/aromatic N) is 1. The molecule has 29 heavy (non-hydrogen) atoms. The van der Waals surface area contributed by atoms with Gasteiger partial charge < -0.3 is 19.7 Å². The van der Waals surface area contributed by atoms with E-state index in [4.69, 9.17) is 21.7 Å². The molecule has 0 spiro atoms. The summed E-state index contributed by atoms with van der Waals surface area (Å²) >= 11 is 5.21. The van der Waals surface area contributed by atoms with Gasteiger partial charge in [0.1, 0.15) is 12.4 Å². The number of rotatable bonds is 8. The van der Waals surface area contributed by atoms with Crippen molar-refractivity contribution in [1.82, 2.24) is 5.32 Å². The highest BCUT2D eigenvalue weighted by Gasteiger charge is 2.10. The number of ether oxygens (including phenoxy) is 2. The van der Waals surface area contributed by atoms with Crippen LogP contribution in [0.5, 0.6) is 5.75 Å². The van der Waals surface area contributed by atoms with Crippen molar-refractivity contribution in [1.29, 1.82) is 0 Å². The third kappa shape index (κ3) is 7.17. The summed E-state index contributed by atoms with van der Waals surface area (Å²) in [5.41, 5.74) is 1.89. The molecule has 0 aliphatic carbocycles. The molecule has 0 heterocycles.